The number of benzene rings is 3. The van der Waals surface area contributed by atoms with Gasteiger partial charge in [0.15, 0.2) is 11.5 Å². The molecule has 3 aromatic carbocycles. The first kappa shape index (κ1) is 24.7. The maximum absolute atomic E-state index is 12.6. The first-order valence-electron chi connectivity index (χ1n) is 9.74. The quantitative estimate of drug-likeness (QED) is 0.252. The highest BCUT2D eigenvalue weighted by Gasteiger charge is 2.14. The molecule has 1 N–H and O–H groups in total. The molecule has 0 saturated heterocycles. The van der Waals surface area contributed by atoms with Crippen LogP contribution < -0.4 is 14.8 Å². The van der Waals surface area contributed by atoms with Gasteiger partial charge in [-0.15, -0.1) is 0 Å². The van der Waals surface area contributed by atoms with E-state index in [4.69, 9.17) is 32.7 Å². The summed E-state index contributed by atoms with van der Waals surface area (Å²) in [5.41, 5.74) is 2.99. The lowest BCUT2D eigenvalue weighted by Gasteiger charge is -2.13. The van der Waals surface area contributed by atoms with E-state index in [0.29, 0.717) is 37.3 Å². The van der Waals surface area contributed by atoms with Crippen molar-refractivity contribution in [3.05, 3.63) is 91.4 Å². The van der Waals surface area contributed by atoms with Gasteiger partial charge in [0.25, 0.3) is 5.91 Å². The lowest BCUT2D eigenvalue weighted by molar-refractivity contribution is -0.112. The van der Waals surface area contributed by atoms with Crippen LogP contribution in [0.25, 0.3) is 6.08 Å². The number of nitriles is 1. The van der Waals surface area contributed by atoms with Crippen LogP contribution in [0.15, 0.2) is 64.6 Å². The average Bonchev–Trinajstić information content (AvgIpc) is 2.79. The van der Waals surface area contributed by atoms with Gasteiger partial charge in [0, 0.05) is 10.2 Å². The summed E-state index contributed by atoms with van der Waals surface area (Å²) in [7, 11) is 1.51. The molecule has 5 nitrogen and oxygen atoms in total. The highest BCUT2D eigenvalue weighted by atomic mass is 79.9. The molecule has 0 heterocycles. The lowest BCUT2D eigenvalue weighted by atomic mass is 10.1. The Morgan fingerprint density at radius 3 is 2.58 bits per heavy atom. The third kappa shape index (κ3) is 6.52. The minimum absolute atomic E-state index is 0.0521. The number of halogens is 3. The van der Waals surface area contributed by atoms with Crippen molar-refractivity contribution in [2.75, 3.05) is 12.4 Å². The molecule has 8 heteroatoms. The molecule has 0 fully saturated rings. The lowest BCUT2D eigenvalue weighted by Crippen LogP contribution is -2.13. The van der Waals surface area contributed by atoms with Crippen LogP contribution in [0.4, 0.5) is 5.69 Å². The Kier molecular flexibility index (Phi) is 8.40. The maximum atomic E-state index is 12.6. The Morgan fingerprint density at radius 1 is 1.12 bits per heavy atom. The van der Waals surface area contributed by atoms with Crippen molar-refractivity contribution in [3.8, 4) is 17.6 Å². The standard InChI is InChI=1S/C25H19BrCl2N2O3/c1-15-4-3-5-19(8-15)30-25(31)18(13-29)10-17-11-23(32-2)24(12-20(17)26)33-14-16-6-7-21(27)22(28)9-16/h3-12H,14H2,1-2H3,(H,30,31)/b18-10-. The smallest absolute Gasteiger partial charge is 0.266 e. The summed E-state index contributed by atoms with van der Waals surface area (Å²) in [4.78, 5) is 12.6. The molecule has 0 spiro atoms. The summed E-state index contributed by atoms with van der Waals surface area (Å²) in [6.45, 7) is 2.17. The van der Waals surface area contributed by atoms with Crippen molar-refractivity contribution in [2.24, 2.45) is 0 Å². The number of anilines is 1. The molecule has 0 radical (unpaired) electrons. The molecule has 0 aliphatic heterocycles. The molecule has 3 rings (SSSR count). The minimum Gasteiger partial charge on any atom is -0.493 e. The van der Waals surface area contributed by atoms with Gasteiger partial charge >= 0.3 is 0 Å². The number of amides is 1. The summed E-state index contributed by atoms with van der Waals surface area (Å²) in [5, 5.41) is 13.2. The number of aryl methyl sites for hydroxylation is 1. The van der Waals surface area contributed by atoms with Gasteiger partial charge < -0.3 is 14.8 Å². The number of methoxy groups -OCH3 is 1. The monoisotopic (exact) mass is 544 g/mol. The Bertz CT molecular complexity index is 1270. The van der Waals surface area contributed by atoms with Gasteiger partial charge in [-0.1, -0.05) is 57.3 Å². The highest BCUT2D eigenvalue weighted by Crippen LogP contribution is 2.35. The molecule has 1 amide bonds. The second-order valence-electron chi connectivity index (χ2n) is 7.06. The zero-order chi connectivity index (χ0) is 24.0. The van der Waals surface area contributed by atoms with Crippen LogP contribution in [0.2, 0.25) is 10.0 Å². The Balaban J connectivity index is 1.82. The van der Waals surface area contributed by atoms with Crippen LogP contribution in [0, 0.1) is 18.3 Å². The predicted octanol–water partition coefficient (Wildman–Crippen LogP) is 7.20. The third-order valence-electron chi connectivity index (χ3n) is 4.60. The SMILES string of the molecule is COc1cc(/C=C(/C#N)C(=O)Nc2cccc(C)c2)c(Br)cc1OCc1ccc(Cl)c(Cl)c1. The van der Waals surface area contributed by atoms with E-state index in [-0.39, 0.29) is 12.2 Å². The van der Waals surface area contributed by atoms with Gasteiger partial charge in [-0.05, 0) is 66.1 Å². The molecule has 0 saturated carbocycles. The number of rotatable bonds is 7. The van der Waals surface area contributed by atoms with Gasteiger partial charge in [-0.25, -0.2) is 0 Å². The fourth-order valence-electron chi connectivity index (χ4n) is 2.95. The van der Waals surface area contributed by atoms with Crippen LogP contribution in [0.1, 0.15) is 16.7 Å². The van der Waals surface area contributed by atoms with Crippen molar-refractivity contribution in [1.29, 1.82) is 5.26 Å². The summed E-state index contributed by atoms with van der Waals surface area (Å²) in [5.74, 6) is 0.421. The summed E-state index contributed by atoms with van der Waals surface area (Å²) in [6.07, 6.45) is 1.49. The molecular formula is C25H19BrCl2N2O3. The largest absolute Gasteiger partial charge is 0.493 e. The summed E-state index contributed by atoms with van der Waals surface area (Å²) >= 11 is 15.5. The van der Waals surface area contributed by atoms with E-state index in [1.807, 2.05) is 37.3 Å². The van der Waals surface area contributed by atoms with Crippen molar-refractivity contribution in [1.82, 2.24) is 0 Å². The van der Waals surface area contributed by atoms with Crippen molar-refractivity contribution >= 4 is 56.8 Å². The van der Waals surface area contributed by atoms with Crippen LogP contribution in [-0.2, 0) is 11.4 Å². The van der Waals surface area contributed by atoms with E-state index >= 15 is 0 Å². The number of carbonyl (C=O) groups excluding carboxylic acids is 1. The van der Waals surface area contributed by atoms with Crippen molar-refractivity contribution in [3.63, 3.8) is 0 Å². The number of hydrogen-bond donors (Lipinski definition) is 1. The van der Waals surface area contributed by atoms with Crippen LogP contribution in [0.5, 0.6) is 11.5 Å². The minimum atomic E-state index is -0.506. The number of carbonyl (C=O) groups is 1. The first-order chi connectivity index (χ1) is 15.8. The summed E-state index contributed by atoms with van der Waals surface area (Å²) in [6, 6.07) is 18.0. The molecule has 0 aliphatic rings. The molecule has 33 heavy (non-hydrogen) atoms. The van der Waals surface area contributed by atoms with E-state index in [1.54, 1.807) is 30.3 Å². The van der Waals surface area contributed by atoms with E-state index in [1.165, 1.54) is 13.2 Å². The fourth-order valence-corrected chi connectivity index (χ4v) is 3.71. The molecule has 0 bridgehead atoms. The number of hydrogen-bond acceptors (Lipinski definition) is 4. The zero-order valence-electron chi connectivity index (χ0n) is 17.8. The Morgan fingerprint density at radius 2 is 1.91 bits per heavy atom. The van der Waals surface area contributed by atoms with E-state index < -0.39 is 5.91 Å². The fraction of sp³-hybridized carbons (Fsp3) is 0.120. The predicted molar refractivity (Wildman–Crippen MR) is 135 cm³/mol. The molecule has 0 unspecified atom stereocenters. The average molecular weight is 546 g/mol. The normalized spacial score (nSPS) is 11.0. The molecule has 3 aromatic rings. The van der Waals surface area contributed by atoms with Gasteiger partial charge in [-0.2, -0.15) is 5.26 Å². The highest BCUT2D eigenvalue weighted by molar-refractivity contribution is 9.10. The number of nitrogens with zero attached hydrogens (tertiary/aromatic N) is 1. The first-order valence-corrected chi connectivity index (χ1v) is 11.3. The second-order valence-corrected chi connectivity index (χ2v) is 8.72. The van der Waals surface area contributed by atoms with E-state index in [9.17, 15) is 10.1 Å². The van der Waals surface area contributed by atoms with Gasteiger partial charge in [-0.3, -0.25) is 4.79 Å². The van der Waals surface area contributed by atoms with Gasteiger partial charge in [0.1, 0.15) is 18.2 Å². The number of nitrogens with one attached hydrogen (secondary N) is 1. The third-order valence-corrected chi connectivity index (χ3v) is 6.03. The van der Waals surface area contributed by atoms with Crippen LogP contribution in [-0.4, -0.2) is 13.0 Å². The molecule has 0 aliphatic carbocycles. The Labute approximate surface area is 210 Å². The van der Waals surface area contributed by atoms with Crippen LogP contribution in [0.3, 0.4) is 0 Å². The van der Waals surface area contributed by atoms with E-state index in [0.717, 1.165) is 11.1 Å². The van der Waals surface area contributed by atoms with Gasteiger partial charge in [0.2, 0.25) is 0 Å². The summed E-state index contributed by atoms with van der Waals surface area (Å²) < 4.78 is 12.0. The van der Waals surface area contributed by atoms with Crippen LogP contribution >= 0.6 is 39.1 Å². The topological polar surface area (TPSA) is 71.3 Å². The van der Waals surface area contributed by atoms with Crippen molar-refractivity contribution in [2.45, 2.75) is 13.5 Å². The molecule has 168 valence electrons. The molecule has 0 atom stereocenters. The molecular weight excluding hydrogens is 527 g/mol. The maximum Gasteiger partial charge on any atom is 0.266 e. The van der Waals surface area contributed by atoms with E-state index in [2.05, 4.69) is 21.2 Å². The van der Waals surface area contributed by atoms with Crippen molar-refractivity contribution < 1.29 is 14.3 Å². The molecule has 0 aromatic heterocycles. The zero-order valence-corrected chi connectivity index (χ0v) is 20.9. The Hall–Kier alpha value is -2.98. The van der Waals surface area contributed by atoms with Gasteiger partial charge in [0.05, 0.1) is 17.2 Å². The second kappa shape index (κ2) is 11.2. The number of ether oxygens (including phenoxy) is 2.